The van der Waals surface area contributed by atoms with Gasteiger partial charge in [0.25, 0.3) is 5.91 Å². The Balaban J connectivity index is 1.64. The molecule has 0 unspecified atom stereocenters. The fourth-order valence-corrected chi connectivity index (χ4v) is 2.25. The molecule has 0 aliphatic heterocycles. The number of nitrogens with one attached hydrogen (secondary N) is 1. The average molecular weight is 357 g/mol. The van der Waals surface area contributed by atoms with Gasteiger partial charge in [-0.05, 0) is 42.5 Å². The molecule has 26 heavy (non-hydrogen) atoms. The van der Waals surface area contributed by atoms with Gasteiger partial charge >= 0.3 is 0 Å². The Morgan fingerprint density at radius 1 is 1.15 bits per heavy atom. The normalized spacial score (nSPS) is 10.4. The second-order valence-corrected chi connectivity index (χ2v) is 5.27. The number of rotatable bonds is 6. The molecule has 134 valence electrons. The van der Waals surface area contributed by atoms with Crippen LogP contribution in [0.5, 0.6) is 11.5 Å². The number of hydrogen-bond acceptors (Lipinski definition) is 6. The molecule has 0 atom stereocenters. The first kappa shape index (κ1) is 17.4. The van der Waals surface area contributed by atoms with E-state index in [9.17, 15) is 9.18 Å². The number of amides is 1. The van der Waals surface area contributed by atoms with Gasteiger partial charge in [-0.1, -0.05) is 5.16 Å². The van der Waals surface area contributed by atoms with Gasteiger partial charge in [0, 0.05) is 11.1 Å². The highest BCUT2D eigenvalue weighted by Crippen LogP contribution is 2.20. The van der Waals surface area contributed by atoms with Crippen LogP contribution in [0.3, 0.4) is 0 Å². The van der Waals surface area contributed by atoms with E-state index in [0.29, 0.717) is 5.82 Å². The highest BCUT2D eigenvalue weighted by atomic mass is 19.1. The molecule has 1 N–H and O–H groups in total. The quantitative estimate of drug-likeness (QED) is 0.730. The number of carbonyl (C=O) groups is 1. The maximum Gasteiger partial charge on any atom is 0.251 e. The van der Waals surface area contributed by atoms with Crippen molar-refractivity contribution in [1.82, 2.24) is 15.5 Å². The van der Waals surface area contributed by atoms with Crippen LogP contribution < -0.4 is 14.8 Å². The van der Waals surface area contributed by atoms with E-state index in [-0.39, 0.29) is 23.7 Å². The lowest BCUT2D eigenvalue weighted by atomic mass is 10.2. The second kappa shape index (κ2) is 7.64. The molecule has 0 saturated heterocycles. The van der Waals surface area contributed by atoms with Crippen molar-refractivity contribution in [2.75, 3.05) is 14.2 Å². The van der Waals surface area contributed by atoms with Gasteiger partial charge in [0.2, 0.25) is 11.7 Å². The van der Waals surface area contributed by atoms with Crippen molar-refractivity contribution in [2.24, 2.45) is 0 Å². The Hall–Kier alpha value is -3.42. The number of hydrogen-bond donors (Lipinski definition) is 1. The number of aromatic nitrogens is 2. The van der Waals surface area contributed by atoms with Gasteiger partial charge in [0.15, 0.2) is 11.6 Å². The minimum atomic E-state index is -0.611. The molecule has 7 nitrogen and oxygen atoms in total. The van der Waals surface area contributed by atoms with E-state index in [1.165, 1.54) is 19.2 Å². The Labute approximate surface area is 148 Å². The van der Waals surface area contributed by atoms with Crippen molar-refractivity contribution in [1.29, 1.82) is 0 Å². The predicted octanol–water partition coefficient (Wildman–Crippen LogP) is 2.82. The molecule has 3 aromatic rings. The summed E-state index contributed by atoms with van der Waals surface area (Å²) in [7, 11) is 2.94. The molecule has 0 bridgehead atoms. The topological polar surface area (TPSA) is 86.5 Å². The molecule has 3 rings (SSSR count). The van der Waals surface area contributed by atoms with Crippen molar-refractivity contribution in [3.63, 3.8) is 0 Å². The summed E-state index contributed by atoms with van der Waals surface area (Å²) >= 11 is 0. The Bertz CT molecular complexity index is 909. The van der Waals surface area contributed by atoms with Crippen molar-refractivity contribution in [3.05, 3.63) is 59.7 Å². The minimum absolute atomic E-state index is 0.0234. The largest absolute Gasteiger partial charge is 0.497 e. The van der Waals surface area contributed by atoms with E-state index in [1.807, 2.05) is 0 Å². The SMILES string of the molecule is COc1ccc(-c2noc(CNC(=O)c3ccc(OC)c(F)c3)n2)cc1. The van der Waals surface area contributed by atoms with E-state index >= 15 is 0 Å². The number of benzene rings is 2. The molecular weight excluding hydrogens is 341 g/mol. The zero-order valence-corrected chi connectivity index (χ0v) is 14.2. The second-order valence-electron chi connectivity index (χ2n) is 5.27. The number of nitrogens with zero attached hydrogens (tertiary/aromatic N) is 2. The maximum absolute atomic E-state index is 13.7. The van der Waals surface area contributed by atoms with Gasteiger partial charge in [0.05, 0.1) is 20.8 Å². The summed E-state index contributed by atoms with van der Waals surface area (Å²) in [6, 6.07) is 11.1. The molecular formula is C18H16FN3O4. The van der Waals surface area contributed by atoms with Crippen LogP contribution in [0, 0.1) is 5.82 Å². The minimum Gasteiger partial charge on any atom is -0.497 e. The number of carbonyl (C=O) groups excluding carboxylic acids is 1. The van der Waals surface area contributed by atoms with Crippen molar-refractivity contribution in [3.8, 4) is 22.9 Å². The molecule has 0 fully saturated rings. The average Bonchev–Trinajstić information content (AvgIpc) is 3.15. The first-order chi connectivity index (χ1) is 12.6. The maximum atomic E-state index is 13.7. The predicted molar refractivity (Wildman–Crippen MR) is 90.4 cm³/mol. The zero-order valence-electron chi connectivity index (χ0n) is 14.2. The molecule has 8 heteroatoms. The molecule has 1 aromatic heterocycles. The monoisotopic (exact) mass is 357 g/mol. The van der Waals surface area contributed by atoms with E-state index < -0.39 is 11.7 Å². The van der Waals surface area contributed by atoms with Crippen LogP contribution in [0.25, 0.3) is 11.4 Å². The fourth-order valence-electron chi connectivity index (χ4n) is 2.25. The van der Waals surface area contributed by atoms with E-state index in [1.54, 1.807) is 31.4 Å². The third-order valence-corrected chi connectivity index (χ3v) is 3.63. The van der Waals surface area contributed by atoms with Gasteiger partial charge in [0.1, 0.15) is 5.75 Å². The molecule has 0 spiro atoms. The summed E-state index contributed by atoms with van der Waals surface area (Å²) in [5, 5.41) is 6.47. The third-order valence-electron chi connectivity index (χ3n) is 3.63. The first-order valence-corrected chi connectivity index (χ1v) is 7.69. The summed E-state index contributed by atoms with van der Waals surface area (Å²) in [6.45, 7) is 0.0234. The molecule has 1 amide bonds. The zero-order chi connectivity index (χ0) is 18.5. The number of ether oxygens (including phenoxy) is 2. The van der Waals surface area contributed by atoms with E-state index in [2.05, 4.69) is 15.5 Å². The van der Waals surface area contributed by atoms with Crippen LogP contribution in [-0.2, 0) is 6.54 Å². The lowest BCUT2D eigenvalue weighted by Crippen LogP contribution is -2.23. The third kappa shape index (κ3) is 3.80. The summed E-state index contributed by atoms with van der Waals surface area (Å²) in [4.78, 5) is 16.3. The van der Waals surface area contributed by atoms with Gasteiger partial charge in [-0.15, -0.1) is 0 Å². The number of methoxy groups -OCH3 is 2. The molecule has 2 aromatic carbocycles. The molecule has 0 radical (unpaired) electrons. The number of halogens is 1. The Morgan fingerprint density at radius 2 is 1.92 bits per heavy atom. The molecule has 0 aliphatic rings. The molecule has 0 aliphatic carbocycles. The van der Waals surface area contributed by atoms with Crippen LogP contribution in [0.2, 0.25) is 0 Å². The van der Waals surface area contributed by atoms with E-state index in [0.717, 1.165) is 17.4 Å². The fraction of sp³-hybridized carbons (Fsp3) is 0.167. The smallest absolute Gasteiger partial charge is 0.251 e. The van der Waals surface area contributed by atoms with Gasteiger partial charge in [-0.3, -0.25) is 4.79 Å². The lowest BCUT2D eigenvalue weighted by Gasteiger charge is -2.05. The standard InChI is InChI=1S/C18H16FN3O4/c1-24-13-6-3-11(4-7-13)17-21-16(26-22-17)10-20-18(23)12-5-8-15(25-2)14(19)9-12/h3-9H,10H2,1-2H3,(H,20,23). The van der Waals surface area contributed by atoms with Crippen LogP contribution in [0.4, 0.5) is 4.39 Å². The summed E-state index contributed by atoms with van der Waals surface area (Å²) in [5.74, 6) is 0.347. The summed E-state index contributed by atoms with van der Waals surface area (Å²) in [6.07, 6.45) is 0. The van der Waals surface area contributed by atoms with Crippen LogP contribution in [-0.4, -0.2) is 30.3 Å². The highest BCUT2D eigenvalue weighted by molar-refractivity contribution is 5.94. The molecule has 0 saturated carbocycles. The van der Waals surface area contributed by atoms with Gasteiger partial charge in [-0.2, -0.15) is 4.98 Å². The molecule has 1 heterocycles. The lowest BCUT2D eigenvalue weighted by molar-refractivity contribution is 0.0945. The highest BCUT2D eigenvalue weighted by Gasteiger charge is 2.13. The van der Waals surface area contributed by atoms with Crippen molar-refractivity contribution >= 4 is 5.91 Å². The summed E-state index contributed by atoms with van der Waals surface area (Å²) in [5.41, 5.74) is 0.919. The summed E-state index contributed by atoms with van der Waals surface area (Å²) < 4.78 is 28.7. The first-order valence-electron chi connectivity index (χ1n) is 7.69. The van der Waals surface area contributed by atoms with Gasteiger partial charge in [-0.25, -0.2) is 4.39 Å². The Morgan fingerprint density at radius 3 is 2.58 bits per heavy atom. The Kier molecular flexibility index (Phi) is 5.12. The van der Waals surface area contributed by atoms with Crippen LogP contribution in [0.1, 0.15) is 16.2 Å². The van der Waals surface area contributed by atoms with Crippen LogP contribution in [0.15, 0.2) is 47.0 Å². The van der Waals surface area contributed by atoms with E-state index in [4.69, 9.17) is 14.0 Å². The van der Waals surface area contributed by atoms with Gasteiger partial charge < -0.3 is 19.3 Å². The van der Waals surface area contributed by atoms with Crippen LogP contribution >= 0.6 is 0 Å². The van der Waals surface area contributed by atoms with Crippen molar-refractivity contribution < 1.29 is 23.2 Å². The van der Waals surface area contributed by atoms with Crippen molar-refractivity contribution in [2.45, 2.75) is 6.54 Å².